The lowest BCUT2D eigenvalue weighted by molar-refractivity contribution is 0.612. The zero-order valence-electron chi connectivity index (χ0n) is 9.76. The highest BCUT2D eigenvalue weighted by Crippen LogP contribution is 2.16. The molecule has 17 heavy (non-hydrogen) atoms. The van der Waals surface area contributed by atoms with Crippen molar-refractivity contribution in [1.82, 2.24) is 14.5 Å². The molecule has 5 heteroatoms. The standard InChI is InChI=1S/C12H16N4O/c1-2-6-16-7-5-15-12(16)11(13)9-3-4-14-10(17)8-9/h3-5,7-8,11H,2,6,13H2,1H3,(H,14,17). The average molecular weight is 232 g/mol. The van der Waals surface area contributed by atoms with Gasteiger partial charge >= 0.3 is 0 Å². The quantitative estimate of drug-likeness (QED) is 0.826. The molecule has 0 aliphatic heterocycles. The fourth-order valence-electron chi connectivity index (χ4n) is 1.83. The van der Waals surface area contributed by atoms with E-state index in [1.165, 1.54) is 6.07 Å². The van der Waals surface area contributed by atoms with E-state index in [1.807, 2.05) is 10.8 Å². The maximum Gasteiger partial charge on any atom is 0.248 e. The van der Waals surface area contributed by atoms with E-state index in [0.29, 0.717) is 0 Å². The van der Waals surface area contributed by atoms with Crippen LogP contribution >= 0.6 is 0 Å². The smallest absolute Gasteiger partial charge is 0.248 e. The summed E-state index contributed by atoms with van der Waals surface area (Å²) in [5.41, 5.74) is 6.75. The molecule has 0 radical (unpaired) electrons. The summed E-state index contributed by atoms with van der Waals surface area (Å²) in [7, 11) is 0. The molecule has 0 amide bonds. The lowest BCUT2D eigenvalue weighted by Crippen LogP contribution is -2.19. The van der Waals surface area contributed by atoms with Gasteiger partial charge in [-0.05, 0) is 18.1 Å². The Kier molecular flexibility index (Phi) is 3.39. The number of aryl methyl sites for hydroxylation is 1. The Bertz CT molecular complexity index is 543. The molecular weight excluding hydrogens is 216 g/mol. The first-order chi connectivity index (χ1) is 8.22. The molecule has 0 aliphatic rings. The number of nitrogens with one attached hydrogen (secondary N) is 1. The Balaban J connectivity index is 2.33. The van der Waals surface area contributed by atoms with E-state index in [9.17, 15) is 4.79 Å². The number of hydrogen-bond acceptors (Lipinski definition) is 3. The van der Waals surface area contributed by atoms with E-state index in [2.05, 4.69) is 16.9 Å². The van der Waals surface area contributed by atoms with Crippen LogP contribution in [0.4, 0.5) is 0 Å². The highest BCUT2D eigenvalue weighted by molar-refractivity contribution is 5.22. The molecular formula is C12H16N4O. The molecule has 0 fully saturated rings. The molecule has 0 saturated carbocycles. The van der Waals surface area contributed by atoms with Crippen LogP contribution in [0.25, 0.3) is 0 Å². The monoisotopic (exact) mass is 232 g/mol. The third-order valence-electron chi connectivity index (χ3n) is 2.65. The molecule has 2 rings (SSSR count). The highest BCUT2D eigenvalue weighted by Gasteiger charge is 2.14. The third kappa shape index (κ3) is 2.45. The third-order valence-corrected chi connectivity index (χ3v) is 2.65. The molecule has 90 valence electrons. The molecule has 0 aliphatic carbocycles. The zero-order valence-corrected chi connectivity index (χ0v) is 9.76. The van der Waals surface area contributed by atoms with Crippen LogP contribution in [-0.2, 0) is 6.54 Å². The lowest BCUT2D eigenvalue weighted by atomic mass is 10.1. The first-order valence-corrected chi connectivity index (χ1v) is 5.67. The van der Waals surface area contributed by atoms with Crippen LogP contribution in [0.5, 0.6) is 0 Å². The average Bonchev–Trinajstić information content (AvgIpc) is 2.77. The van der Waals surface area contributed by atoms with Crippen molar-refractivity contribution in [3.8, 4) is 0 Å². The predicted octanol–water partition coefficient (Wildman–Crippen LogP) is 1.03. The summed E-state index contributed by atoms with van der Waals surface area (Å²) in [6.45, 7) is 2.98. The number of nitrogens with zero attached hydrogens (tertiary/aromatic N) is 2. The first kappa shape index (κ1) is 11.6. The van der Waals surface area contributed by atoms with Gasteiger partial charge in [0.15, 0.2) is 0 Å². The summed E-state index contributed by atoms with van der Waals surface area (Å²) >= 11 is 0. The molecule has 1 atom stereocenters. The van der Waals surface area contributed by atoms with E-state index < -0.39 is 0 Å². The molecule has 2 aromatic heterocycles. The van der Waals surface area contributed by atoms with Gasteiger partial charge in [-0.3, -0.25) is 4.79 Å². The Morgan fingerprint density at radius 2 is 2.41 bits per heavy atom. The van der Waals surface area contributed by atoms with Crippen LogP contribution in [0, 0.1) is 0 Å². The van der Waals surface area contributed by atoms with Crippen molar-refractivity contribution in [1.29, 1.82) is 0 Å². The zero-order chi connectivity index (χ0) is 12.3. The van der Waals surface area contributed by atoms with Gasteiger partial charge in [0.2, 0.25) is 5.56 Å². The van der Waals surface area contributed by atoms with Crippen molar-refractivity contribution in [2.24, 2.45) is 5.73 Å². The SMILES string of the molecule is CCCn1ccnc1C(N)c1cc[nH]c(=O)c1. The summed E-state index contributed by atoms with van der Waals surface area (Å²) < 4.78 is 2.02. The van der Waals surface area contributed by atoms with Crippen LogP contribution in [0.3, 0.4) is 0 Å². The minimum atomic E-state index is -0.362. The molecule has 3 N–H and O–H groups in total. The summed E-state index contributed by atoms with van der Waals surface area (Å²) in [5.74, 6) is 0.789. The van der Waals surface area contributed by atoms with Crippen LogP contribution in [0.15, 0.2) is 35.5 Å². The minimum Gasteiger partial charge on any atom is -0.333 e. The van der Waals surface area contributed by atoms with E-state index in [4.69, 9.17) is 5.73 Å². The first-order valence-electron chi connectivity index (χ1n) is 5.67. The number of pyridine rings is 1. The minimum absolute atomic E-state index is 0.147. The Morgan fingerprint density at radius 3 is 3.12 bits per heavy atom. The van der Waals surface area contributed by atoms with Gasteiger partial charge in [-0.2, -0.15) is 0 Å². The van der Waals surface area contributed by atoms with Crippen molar-refractivity contribution in [3.05, 3.63) is 52.5 Å². The molecule has 0 saturated heterocycles. The number of nitrogens with two attached hydrogens (primary N) is 1. The molecule has 2 aromatic rings. The topological polar surface area (TPSA) is 76.7 Å². The van der Waals surface area contributed by atoms with Crippen LogP contribution in [-0.4, -0.2) is 14.5 Å². The van der Waals surface area contributed by atoms with Gasteiger partial charge in [0.05, 0.1) is 6.04 Å². The van der Waals surface area contributed by atoms with E-state index >= 15 is 0 Å². The molecule has 0 bridgehead atoms. The van der Waals surface area contributed by atoms with Gasteiger partial charge < -0.3 is 15.3 Å². The molecule has 0 aromatic carbocycles. The van der Waals surface area contributed by atoms with E-state index in [0.717, 1.165) is 24.4 Å². The lowest BCUT2D eigenvalue weighted by Gasteiger charge is -2.13. The largest absolute Gasteiger partial charge is 0.333 e. The second-order valence-electron chi connectivity index (χ2n) is 3.94. The number of hydrogen-bond donors (Lipinski definition) is 2. The Hall–Kier alpha value is -1.88. The van der Waals surface area contributed by atoms with Gasteiger partial charge in [-0.15, -0.1) is 0 Å². The molecule has 5 nitrogen and oxygen atoms in total. The van der Waals surface area contributed by atoms with Crippen molar-refractivity contribution in [2.75, 3.05) is 0 Å². The fourth-order valence-corrected chi connectivity index (χ4v) is 1.83. The maximum absolute atomic E-state index is 11.2. The van der Waals surface area contributed by atoms with Crippen LogP contribution in [0.2, 0.25) is 0 Å². The molecule has 2 heterocycles. The van der Waals surface area contributed by atoms with Gasteiger partial charge in [0, 0.05) is 31.2 Å². The van der Waals surface area contributed by atoms with Crippen molar-refractivity contribution < 1.29 is 0 Å². The Labute approximate surface area is 99.3 Å². The van der Waals surface area contributed by atoms with Gasteiger partial charge in [-0.25, -0.2) is 4.98 Å². The second-order valence-corrected chi connectivity index (χ2v) is 3.94. The van der Waals surface area contributed by atoms with Gasteiger partial charge in [0.25, 0.3) is 0 Å². The number of H-pyrrole nitrogens is 1. The summed E-state index contributed by atoms with van der Waals surface area (Å²) in [5, 5.41) is 0. The number of rotatable bonds is 4. The van der Waals surface area contributed by atoms with Gasteiger partial charge in [0.1, 0.15) is 5.82 Å². The van der Waals surface area contributed by atoms with Crippen molar-refractivity contribution >= 4 is 0 Å². The van der Waals surface area contributed by atoms with Crippen molar-refractivity contribution in [2.45, 2.75) is 25.9 Å². The summed E-state index contributed by atoms with van der Waals surface area (Å²) in [4.78, 5) is 18.1. The van der Waals surface area contributed by atoms with E-state index in [-0.39, 0.29) is 11.6 Å². The number of aromatic amines is 1. The van der Waals surface area contributed by atoms with Crippen molar-refractivity contribution in [3.63, 3.8) is 0 Å². The number of imidazole rings is 1. The fraction of sp³-hybridized carbons (Fsp3) is 0.333. The normalized spacial score (nSPS) is 12.6. The predicted molar refractivity (Wildman–Crippen MR) is 65.6 cm³/mol. The molecule has 0 spiro atoms. The maximum atomic E-state index is 11.2. The Morgan fingerprint density at radius 1 is 1.59 bits per heavy atom. The second kappa shape index (κ2) is 4.97. The summed E-state index contributed by atoms with van der Waals surface area (Å²) in [6.07, 6.45) is 6.26. The van der Waals surface area contributed by atoms with Gasteiger partial charge in [-0.1, -0.05) is 6.92 Å². The van der Waals surface area contributed by atoms with Crippen LogP contribution in [0.1, 0.15) is 30.8 Å². The molecule has 1 unspecified atom stereocenters. The summed E-state index contributed by atoms with van der Waals surface area (Å²) in [6, 6.07) is 2.95. The van der Waals surface area contributed by atoms with Crippen LogP contribution < -0.4 is 11.3 Å². The highest BCUT2D eigenvalue weighted by atomic mass is 16.1. The number of aromatic nitrogens is 3. The van der Waals surface area contributed by atoms with E-state index in [1.54, 1.807) is 18.5 Å².